The van der Waals surface area contributed by atoms with Crippen molar-refractivity contribution in [1.29, 1.82) is 0 Å². The molecule has 0 heterocycles. The lowest BCUT2D eigenvalue weighted by atomic mass is 9.55. The van der Waals surface area contributed by atoms with Crippen molar-refractivity contribution in [3.8, 4) is 0 Å². The molecular formula is C25H40. The van der Waals surface area contributed by atoms with Crippen LogP contribution in [0.1, 0.15) is 66.7 Å². The molecular weight excluding hydrogens is 300 g/mol. The maximum Gasteiger partial charge on any atom is -0.0133 e. The first-order valence-corrected chi connectivity index (χ1v) is 9.52. The Kier molecular flexibility index (Phi) is 6.21. The third-order valence-electron chi connectivity index (χ3n) is 6.50. The second-order valence-electron chi connectivity index (χ2n) is 10.2. The minimum absolute atomic E-state index is 0.0351. The van der Waals surface area contributed by atoms with Gasteiger partial charge in [0.25, 0.3) is 0 Å². The zero-order chi connectivity index (χ0) is 19.6. The van der Waals surface area contributed by atoms with Crippen LogP contribution in [0.5, 0.6) is 0 Å². The molecule has 0 unspecified atom stereocenters. The molecule has 1 aliphatic carbocycles. The van der Waals surface area contributed by atoms with Gasteiger partial charge in [-0.1, -0.05) is 65.0 Å². The average molecular weight is 341 g/mol. The smallest absolute Gasteiger partial charge is 0.0133 e. The quantitative estimate of drug-likeness (QED) is 0.446. The van der Waals surface area contributed by atoms with Crippen LogP contribution in [0, 0.1) is 27.1 Å². The van der Waals surface area contributed by atoms with E-state index in [4.69, 9.17) is 0 Å². The summed E-state index contributed by atoms with van der Waals surface area (Å²) in [4.78, 5) is 0. The monoisotopic (exact) mass is 340 g/mol. The summed E-state index contributed by atoms with van der Waals surface area (Å²) in [6.45, 7) is 32.6. The van der Waals surface area contributed by atoms with E-state index in [1.165, 1.54) is 0 Å². The molecule has 0 radical (unpaired) electrons. The molecule has 0 amide bonds. The predicted molar refractivity (Wildman–Crippen MR) is 115 cm³/mol. The molecule has 1 saturated carbocycles. The SMILES string of the molecule is C=CC1(C)CC(C)(C=C)CC(C)(C=C)CC(C)(C=C)CC(C)(C=C)C1. The van der Waals surface area contributed by atoms with Crippen LogP contribution in [0.3, 0.4) is 0 Å². The van der Waals surface area contributed by atoms with Crippen LogP contribution in [0.4, 0.5) is 0 Å². The third kappa shape index (κ3) is 5.09. The molecule has 0 N–H and O–H groups in total. The normalized spacial score (nSPS) is 45.8. The van der Waals surface area contributed by atoms with Crippen LogP contribution in [-0.2, 0) is 0 Å². The third-order valence-corrected chi connectivity index (χ3v) is 6.50. The van der Waals surface area contributed by atoms with E-state index in [0.29, 0.717) is 0 Å². The Morgan fingerprint density at radius 3 is 0.600 bits per heavy atom. The molecule has 1 aliphatic rings. The fraction of sp³-hybridized carbons (Fsp3) is 0.600. The molecule has 25 heavy (non-hydrogen) atoms. The zero-order valence-electron chi connectivity index (χ0n) is 17.5. The highest BCUT2D eigenvalue weighted by atomic mass is 14.5. The van der Waals surface area contributed by atoms with Gasteiger partial charge in [-0.2, -0.15) is 0 Å². The highest BCUT2D eigenvalue weighted by Gasteiger charge is 2.45. The van der Waals surface area contributed by atoms with Crippen molar-refractivity contribution in [1.82, 2.24) is 0 Å². The van der Waals surface area contributed by atoms with E-state index in [2.05, 4.69) is 97.9 Å². The van der Waals surface area contributed by atoms with Gasteiger partial charge >= 0.3 is 0 Å². The van der Waals surface area contributed by atoms with Crippen LogP contribution in [0.15, 0.2) is 63.3 Å². The Hall–Kier alpha value is -1.30. The Labute approximate surface area is 157 Å². The molecule has 1 rings (SSSR count). The highest BCUT2D eigenvalue weighted by Crippen LogP contribution is 2.56. The van der Waals surface area contributed by atoms with Gasteiger partial charge in [-0.25, -0.2) is 0 Å². The molecule has 0 nitrogen and oxygen atoms in total. The largest absolute Gasteiger partial charge is 0.103 e. The van der Waals surface area contributed by atoms with Gasteiger partial charge in [0.1, 0.15) is 0 Å². The fourth-order valence-electron chi connectivity index (χ4n) is 5.65. The second-order valence-corrected chi connectivity index (χ2v) is 10.2. The lowest BCUT2D eigenvalue weighted by molar-refractivity contribution is 0.0744. The maximum absolute atomic E-state index is 4.19. The molecule has 140 valence electrons. The molecule has 0 aromatic rings. The van der Waals surface area contributed by atoms with E-state index in [1.54, 1.807) is 0 Å². The first kappa shape index (κ1) is 21.7. The van der Waals surface area contributed by atoms with E-state index in [0.717, 1.165) is 32.1 Å². The van der Waals surface area contributed by atoms with Crippen molar-refractivity contribution < 1.29 is 0 Å². The zero-order valence-corrected chi connectivity index (χ0v) is 17.5. The molecule has 0 spiro atoms. The van der Waals surface area contributed by atoms with Crippen LogP contribution >= 0.6 is 0 Å². The van der Waals surface area contributed by atoms with Gasteiger partial charge in [-0.15, -0.1) is 32.9 Å². The summed E-state index contributed by atoms with van der Waals surface area (Å²) in [5.41, 5.74) is 0.175. The number of hydrogen-bond acceptors (Lipinski definition) is 0. The van der Waals surface area contributed by atoms with Crippen molar-refractivity contribution in [2.45, 2.75) is 66.7 Å². The van der Waals surface area contributed by atoms with Gasteiger partial charge in [-0.05, 0) is 59.2 Å². The molecule has 0 atom stereocenters. The van der Waals surface area contributed by atoms with Gasteiger partial charge in [-0.3, -0.25) is 0 Å². The average Bonchev–Trinajstić information content (AvgIpc) is 2.53. The molecule has 0 aromatic heterocycles. The van der Waals surface area contributed by atoms with Gasteiger partial charge < -0.3 is 0 Å². The summed E-state index contributed by atoms with van der Waals surface area (Å²) >= 11 is 0. The van der Waals surface area contributed by atoms with Crippen molar-refractivity contribution in [2.75, 3.05) is 0 Å². The topological polar surface area (TPSA) is 0 Å². The summed E-state index contributed by atoms with van der Waals surface area (Å²) < 4.78 is 0. The predicted octanol–water partition coefficient (Wildman–Crippen LogP) is 7.91. The lowest BCUT2D eigenvalue weighted by Crippen LogP contribution is -2.39. The van der Waals surface area contributed by atoms with Crippen molar-refractivity contribution >= 4 is 0 Å². The van der Waals surface area contributed by atoms with Crippen LogP contribution in [-0.4, -0.2) is 0 Å². The van der Waals surface area contributed by atoms with Gasteiger partial charge in [0.15, 0.2) is 0 Å². The van der Waals surface area contributed by atoms with E-state index in [1.807, 2.05) is 0 Å². The number of hydrogen-bond donors (Lipinski definition) is 0. The van der Waals surface area contributed by atoms with Gasteiger partial charge in [0.2, 0.25) is 0 Å². The van der Waals surface area contributed by atoms with Crippen molar-refractivity contribution in [3.63, 3.8) is 0 Å². The van der Waals surface area contributed by atoms with Crippen LogP contribution in [0.2, 0.25) is 0 Å². The standard InChI is InChI=1S/C25H40/c1-11-21(6)16-22(7,12-2)18-24(9,14-4)20-25(10,15-5)19-23(8,13-3)17-21/h11-15H,1-5,16-20H2,6-10H3. The van der Waals surface area contributed by atoms with Gasteiger partial charge in [0.05, 0.1) is 0 Å². The lowest BCUT2D eigenvalue weighted by Gasteiger charge is -2.50. The van der Waals surface area contributed by atoms with E-state index < -0.39 is 0 Å². The van der Waals surface area contributed by atoms with Crippen molar-refractivity contribution in [2.24, 2.45) is 27.1 Å². The Bertz CT molecular complexity index is 418. The summed E-state index contributed by atoms with van der Waals surface area (Å²) in [5, 5.41) is 0. The first-order valence-electron chi connectivity index (χ1n) is 9.52. The first-order chi connectivity index (χ1) is 11.3. The minimum Gasteiger partial charge on any atom is -0.103 e. The molecule has 0 bridgehead atoms. The number of rotatable bonds is 5. The van der Waals surface area contributed by atoms with Crippen LogP contribution in [0.25, 0.3) is 0 Å². The minimum atomic E-state index is 0.0351. The summed E-state index contributed by atoms with van der Waals surface area (Å²) in [6.07, 6.45) is 16.0. The molecule has 0 aromatic carbocycles. The van der Waals surface area contributed by atoms with E-state index >= 15 is 0 Å². The highest BCUT2D eigenvalue weighted by molar-refractivity contribution is 5.14. The molecule has 1 fully saturated rings. The Balaban J connectivity index is 3.56. The van der Waals surface area contributed by atoms with E-state index in [9.17, 15) is 0 Å². The Morgan fingerprint density at radius 1 is 0.400 bits per heavy atom. The molecule has 0 saturated heterocycles. The summed E-state index contributed by atoms with van der Waals surface area (Å²) in [6, 6.07) is 0. The second kappa shape index (κ2) is 7.14. The van der Waals surface area contributed by atoms with Crippen molar-refractivity contribution in [3.05, 3.63) is 63.3 Å². The molecule has 0 heteroatoms. The summed E-state index contributed by atoms with van der Waals surface area (Å²) in [5.74, 6) is 0. The fourth-order valence-corrected chi connectivity index (χ4v) is 5.65. The maximum atomic E-state index is 4.19. The van der Waals surface area contributed by atoms with Crippen LogP contribution < -0.4 is 0 Å². The summed E-state index contributed by atoms with van der Waals surface area (Å²) in [7, 11) is 0. The van der Waals surface area contributed by atoms with E-state index in [-0.39, 0.29) is 27.1 Å². The molecule has 0 aliphatic heterocycles. The Morgan fingerprint density at radius 2 is 0.520 bits per heavy atom. The van der Waals surface area contributed by atoms with Gasteiger partial charge in [0, 0.05) is 0 Å². The number of allylic oxidation sites excluding steroid dienone is 5.